The van der Waals surface area contributed by atoms with E-state index in [-0.39, 0.29) is 6.04 Å². The number of rotatable bonds is 3. The molecule has 0 spiro atoms. The van der Waals surface area contributed by atoms with E-state index >= 15 is 0 Å². The predicted molar refractivity (Wildman–Crippen MR) is 56.4 cm³/mol. The van der Waals surface area contributed by atoms with Gasteiger partial charge in [-0.25, -0.2) is 4.98 Å². The lowest BCUT2D eigenvalue weighted by molar-refractivity contribution is 0.142. The molecule has 0 bridgehead atoms. The standard InChI is InChI=1S/C10H18N4O/c1-8(10-11-7-12-14-10)13-9-3-2-5-15-6-4-9/h7-9,13H,2-6H2,1H3,(H,11,12,14). The molecular weight excluding hydrogens is 192 g/mol. The summed E-state index contributed by atoms with van der Waals surface area (Å²) in [4.78, 5) is 4.14. The van der Waals surface area contributed by atoms with Crippen molar-refractivity contribution in [2.24, 2.45) is 0 Å². The Morgan fingerprint density at radius 2 is 2.47 bits per heavy atom. The van der Waals surface area contributed by atoms with Crippen LogP contribution in [0.25, 0.3) is 0 Å². The maximum Gasteiger partial charge on any atom is 0.141 e. The Morgan fingerprint density at radius 3 is 3.27 bits per heavy atom. The number of aromatic nitrogens is 3. The maximum absolute atomic E-state index is 5.42. The molecule has 0 aliphatic carbocycles. The highest BCUT2D eigenvalue weighted by atomic mass is 16.5. The molecule has 1 aromatic heterocycles. The molecule has 2 rings (SSSR count). The molecule has 0 radical (unpaired) electrons. The summed E-state index contributed by atoms with van der Waals surface area (Å²) in [6, 6.07) is 0.767. The Balaban J connectivity index is 1.84. The van der Waals surface area contributed by atoms with Crippen molar-refractivity contribution in [3.63, 3.8) is 0 Å². The van der Waals surface area contributed by atoms with E-state index in [1.165, 1.54) is 6.42 Å². The Morgan fingerprint density at radius 1 is 1.53 bits per heavy atom. The van der Waals surface area contributed by atoms with Crippen LogP contribution in [-0.2, 0) is 4.74 Å². The zero-order chi connectivity index (χ0) is 10.5. The topological polar surface area (TPSA) is 62.8 Å². The average molecular weight is 210 g/mol. The monoisotopic (exact) mass is 210 g/mol. The number of hydrogen-bond donors (Lipinski definition) is 2. The van der Waals surface area contributed by atoms with Crippen molar-refractivity contribution >= 4 is 0 Å². The molecule has 1 aliphatic rings. The largest absolute Gasteiger partial charge is 0.381 e. The van der Waals surface area contributed by atoms with Crippen LogP contribution in [0.4, 0.5) is 0 Å². The summed E-state index contributed by atoms with van der Waals surface area (Å²) < 4.78 is 5.42. The van der Waals surface area contributed by atoms with E-state index in [0.29, 0.717) is 6.04 Å². The minimum Gasteiger partial charge on any atom is -0.381 e. The Bertz CT molecular complexity index is 267. The van der Waals surface area contributed by atoms with Crippen molar-refractivity contribution in [3.8, 4) is 0 Å². The number of hydrogen-bond acceptors (Lipinski definition) is 4. The van der Waals surface area contributed by atoms with Gasteiger partial charge in [0.05, 0.1) is 6.04 Å². The number of aromatic amines is 1. The molecule has 15 heavy (non-hydrogen) atoms. The highest BCUT2D eigenvalue weighted by Crippen LogP contribution is 2.13. The van der Waals surface area contributed by atoms with Gasteiger partial charge in [-0.3, -0.25) is 5.10 Å². The quantitative estimate of drug-likeness (QED) is 0.782. The van der Waals surface area contributed by atoms with Gasteiger partial charge in [-0.15, -0.1) is 0 Å². The van der Waals surface area contributed by atoms with E-state index in [2.05, 4.69) is 27.4 Å². The van der Waals surface area contributed by atoms with Crippen LogP contribution >= 0.6 is 0 Å². The van der Waals surface area contributed by atoms with Gasteiger partial charge in [0.1, 0.15) is 12.2 Å². The lowest BCUT2D eigenvalue weighted by atomic mass is 10.1. The van der Waals surface area contributed by atoms with Crippen LogP contribution in [0.15, 0.2) is 6.33 Å². The maximum atomic E-state index is 5.42. The molecule has 1 saturated heterocycles. The van der Waals surface area contributed by atoms with Crippen LogP contribution in [-0.4, -0.2) is 34.4 Å². The fourth-order valence-electron chi connectivity index (χ4n) is 1.93. The summed E-state index contributed by atoms with van der Waals surface area (Å²) in [6.07, 6.45) is 4.95. The Hall–Kier alpha value is -0.940. The minimum atomic E-state index is 0.232. The van der Waals surface area contributed by atoms with Gasteiger partial charge in [-0.2, -0.15) is 5.10 Å². The minimum absolute atomic E-state index is 0.232. The lowest BCUT2D eigenvalue weighted by Gasteiger charge is -2.19. The van der Waals surface area contributed by atoms with E-state index in [4.69, 9.17) is 4.74 Å². The average Bonchev–Trinajstić information content (AvgIpc) is 2.65. The summed E-state index contributed by atoms with van der Waals surface area (Å²) in [5, 5.41) is 10.3. The molecule has 0 aromatic carbocycles. The van der Waals surface area contributed by atoms with Gasteiger partial charge in [0.15, 0.2) is 0 Å². The second-order valence-electron chi connectivity index (χ2n) is 4.00. The van der Waals surface area contributed by atoms with Gasteiger partial charge in [-0.05, 0) is 26.2 Å². The first kappa shape index (κ1) is 10.6. The predicted octanol–water partition coefficient (Wildman–Crippen LogP) is 1.02. The third-order valence-electron chi connectivity index (χ3n) is 2.78. The van der Waals surface area contributed by atoms with Crippen LogP contribution in [0.1, 0.15) is 38.1 Å². The number of H-pyrrole nitrogens is 1. The van der Waals surface area contributed by atoms with Crippen molar-refractivity contribution in [3.05, 3.63) is 12.2 Å². The van der Waals surface area contributed by atoms with Crippen molar-refractivity contribution in [2.45, 2.75) is 38.3 Å². The van der Waals surface area contributed by atoms with E-state index < -0.39 is 0 Å². The zero-order valence-electron chi connectivity index (χ0n) is 9.07. The van der Waals surface area contributed by atoms with Crippen molar-refractivity contribution < 1.29 is 4.74 Å². The second kappa shape index (κ2) is 5.23. The van der Waals surface area contributed by atoms with Gasteiger partial charge in [0.25, 0.3) is 0 Å². The first-order valence-corrected chi connectivity index (χ1v) is 5.55. The molecule has 1 fully saturated rings. The molecule has 2 atom stereocenters. The van der Waals surface area contributed by atoms with E-state index in [0.717, 1.165) is 31.9 Å². The van der Waals surface area contributed by atoms with E-state index in [1.807, 2.05) is 0 Å². The molecule has 2 N–H and O–H groups in total. The third kappa shape index (κ3) is 3.00. The second-order valence-corrected chi connectivity index (χ2v) is 4.00. The number of ether oxygens (including phenoxy) is 1. The summed E-state index contributed by atoms with van der Waals surface area (Å²) in [5.74, 6) is 0.903. The van der Waals surface area contributed by atoms with Crippen LogP contribution in [0.3, 0.4) is 0 Å². The molecule has 0 amide bonds. The Labute approximate surface area is 89.6 Å². The first-order valence-electron chi connectivity index (χ1n) is 5.55. The lowest BCUT2D eigenvalue weighted by Crippen LogP contribution is -2.32. The molecule has 1 aromatic rings. The van der Waals surface area contributed by atoms with Gasteiger partial charge in [0.2, 0.25) is 0 Å². The normalized spacial score (nSPS) is 24.7. The van der Waals surface area contributed by atoms with Gasteiger partial charge >= 0.3 is 0 Å². The van der Waals surface area contributed by atoms with Crippen molar-refractivity contribution in [2.75, 3.05) is 13.2 Å². The molecule has 5 nitrogen and oxygen atoms in total. The van der Waals surface area contributed by atoms with Crippen molar-refractivity contribution in [1.82, 2.24) is 20.5 Å². The zero-order valence-corrected chi connectivity index (χ0v) is 9.07. The van der Waals surface area contributed by atoms with Gasteiger partial charge in [0, 0.05) is 19.3 Å². The summed E-state index contributed by atoms with van der Waals surface area (Å²) in [7, 11) is 0. The number of nitrogens with zero attached hydrogens (tertiary/aromatic N) is 2. The summed E-state index contributed by atoms with van der Waals surface area (Å²) >= 11 is 0. The smallest absolute Gasteiger partial charge is 0.141 e. The fraction of sp³-hybridized carbons (Fsp3) is 0.800. The summed E-state index contributed by atoms with van der Waals surface area (Å²) in [5.41, 5.74) is 0. The van der Waals surface area contributed by atoms with Crippen molar-refractivity contribution in [1.29, 1.82) is 0 Å². The van der Waals surface area contributed by atoms with Gasteiger partial charge < -0.3 is 10.1 Å². The van der Waals surface area contributed by atoms with Gasteiger partial charge in [-0.1, -0.05) is 0 Å². The third-order valence-corrected chi connectivity index (χ3v) is 2.78. The molecule has 2 heterocycles. The molecule has 2 unspecified atom stereocenters. The van der Waals surface area contributed by atoms with E-state index in [9.17, 15) is 0 Å². The first-order chi connectivity index (χ1) is 7.36. The van der Waals surface area contributed by atoms with Crippen LogP contribution in [0, 0.1) is 0 Å². The van der Waals surface area contributed by atoms with Crippen LogP contribution in [0.2, 0.25) is 0 Å². The Kier molecular flexibility index (Phi) is 3.69. The summed E-state index contributed by atoms with van der Waals surface area (Å²) in [6.45, 7) is 3.86. The molecule has 1 aliphatic heterocycles. The highest BCUT2D eigenvalue weighted by molar-refractivity contribution is 4.90. The van der Waals surface area contributed by atoms with E-state index in [1.54, 1.807) is 6.33 Å². The molecule has 84 valence electrons. The number of nitrogens with one attached hydrogen (secondary N) is 2. The molecule has 5 heteroatoms. The molecule has 0 saturated carbocycles. The fourth-order valence-corrected chi connectivity index (χ4v) is 1.93. The van der Waals surface area contributed by atoms with Crippen LogP contribution < -0.4 is 5.32 Å². The van der Waals surface area contributed by atoms with Crippen LogP contribution in [0.5, 0.6) is 0 Å². The highest BCUT2D eigenvalue weighted by Gasteiger charge is 2.16. The SMILES string of the molecule is CC(NC1CCCOCC1)c1ncn[nH]1. The molecular formula is C10H18N4O.